The molecule has 2 aliphatic heterocycles. The molecule has 198 valence electrons. The van der Waals surface area contributed by atoms with Crippen LogP contribution in [0, 0.1) is 12.8 Å². The van der Waals surface area contributed by atoms with Gasteiger partial charge < -0.3 is 14.4 Å². The topological polar surface area (TPSA) is 75.2 Å². The number of rotatable bonds is 8. The lowest BCUT2D eigenvalue weighted by Gasteiger charge is -2.28. The van der Waals surface area contributed by atoms with Crippen molar-refractivity contribution in [2.24, 2.45) is 5.92 Å². The number of thiazole rings is 1. The zero-order chi connectivity index (χ0) is 25.1. The normalized spacial score (nSPS) is 18.2. The van der Waals surface area contributed by atoms with Gasteiger partial charge in [0.15, 0.2) is 5.13 Å². The number of amides is 2. The summed E-state index contributed by atoms with van der Waals surface area (Å²) in [6, 6.07) is 13.5. The third kappa shape index (κ3) is 5.90. The summed E-state index contributed by atoms with van der Waals surface area (Å²) in [7, 11) is 1.64. The van der Waals surface area contributed by atoms with E-state index in [1.165, 1.54) is 11.3 Å². The summed E-state index contributed by atoms with van der Waals surface area (Å²) in [5.74, 6) is 0.232. The number of carbonyl (C=O) groups is 2. The van der Waals surface area contributed by atoms with Crippen LogP contribution in [0.25, 0.3) is 10.2 Å². The van der Waals surface area contributed by atoms with Crippen LogP contribution in [0.2, 0.25) is 0 Å². The Bertz CT molecular complexity index is 1230. The highest BCUT2D eigenvalue weighted by molar-refractivity contribution is 7.22. The molecule has 3 aromatic rings. The minimum absolute atomic E-state index is 0. The second-order valence-electron chi connectivity index (χ2n) is 9.30. The van der Waals surface area contributed by atoms with Crippen LogP contribution in [0.15, 0.2) is 42.5 Å². The number of hydrogen-bond acceptors (Lipinski definition) is 7. The first-order valence-electron chi connectivity index (χ1n) is 12.5. The van der Waals surface area contributed by atoms with Gasteiger partial charge in [0.05, 0.1) is 30.9 Å². The molecule has 2 aromatic carbocycles. The molecule has 0 saturated carbocycles. The number of benzene rings is 2. The van der Waals surface area contributed by atoms with Crippen molar-refractivity contribution < 1.29 is 19.1 Å². The first-order chi connectivity index (χ1) is 17.5. The van der Waals surface area contributed by atoms with Crippen LogP contribution in [-0.2, 0) is 14.3 Å². The Labute approximate surface area is 227 Å². The fourth-order valence-corrected chi connectivity index (χ4v) is 5.99. The van der Waals surface area contributed by atoms with Gasteiger partial charge in [-0.1, -0.05) is 35.6 Å². The van der Waals surface area contributed by atoms with Gasteiger partial charge in [-0.25, -0.2) is 4.98 Å². The van der Waals surface area contributed by atoms with Gasteiger partial charge >= 0.3 is 0 Å². The van der Waals surface area contributed by atoms with Gasteiger partial charge in [-0.2, -0.15) is 0 Å². The van der Waals surface area contributed by atoms with E-state index in [1.807, 2.05) is 49.4 Å². The molecule has 5 rings (SSSR count). The molecule has 3 heterocycles. The molecule has 2 amide bonds. The minimum atomic E-state index is -0.406. The summed E-state index contributed by atoms with van der Waals surface area (Å²) in [6.45, 7) is 7.19. The van der Waals surface area contributed by atoms with E-state index in [1.54, 1.807) is 16.9 Å². The number of morpholine rings is 1. The molecular formula is C27H33ClN4O4S. The van der Waals surface area contributed by atoms with Crippen molar-refractivity contribution >= 4 is 56.6 Å². The number of aryl methyl sites for hydroxylation is 1. The molecule has 8 nitrogen and oxygen atoms in total. The molecule has 10 heteroatoms. The molecule has 1 unspecified atom stereocenters. The molecule has 0 N–H and O–H groups in total. The second-order valence-corrected chi connectivity index (χ2v) is 10.3. The van der Waals surface area contributed by atoms with E-state index in [-0.39, 0.29) is 30.6 Å². The smallest absolute Gasteiger partial charge is 0.234 e. The fourth-order valence-electron chi connectivity index (χ4n) is 4.91. The molecule has 1 aromatic heterocycles. The number of methoxy groups -OCH3 is 1. The molecule has 2 aliphatic rings. The molecule has 0 radical (unpaired) electrons. The van der Waals surface area contributed by atoms with Gasteiger partial charge in [0, 0.05) is 44.8 Å². The maximum atomic E-state index is 13.9. The first kappa shape index (κ1) is 27.3. The van der Waals surface area contributed by atoms with E-state index in [0.29, 0.717) is 24.0 Å². The zero-order valence-electron chi connectivity index (χ0n) is 21.2. The van der Waals surface area contributed by atoms with Crippen LogP contribution in [0.3, 0.4) is 0 Å². The predicted octanol–water partition coefficient (Wildman–Crippen LogP) is 4.14. The number of ether oxygens (including phenoxy) is 2. The highest BCUT2D eigenvalue weighted by Crippen LogP contribution is 2.37. The summed E-state index contributed by atoms with van der Waals surface area (Å²) >= 11 is 1.51. The minimum Gasteiger partial charge on any atom is -0.494 e. The molecule has 1 atom stereocenters. The zero-order valence-corrected chi connectivity index (χ0v) is 22.9. The summed E-state index contributed by atoms with van der Waals surface area (Å²) in [5, 5.41) is 0.662. The van der Waals surface area contributed by atoms with E-state index in [9.17, 15) is 9.59 Å². The van der Waals surface area contributed by atoms with Crippen molar-refractivity contribution in [1.82, 2.24) is 9.88 Å². The van der Waals surface area contributed by atoms with E-state index < -0.39 is 5.92 Å². The number of anilines is 2. The summed E-state index contributed by atoms with van der Waals surface area (Å²) < 4.78 is 12.0. The fraction of sp³-hybridized carbons (Fsp3) is 0.444. The largest absolute Gasteiger partial charge is 0.494 e. The van der Waals surface area contributed by atoms with Gasteiger partial charge in [-0.15, -0.1) is 12.4 Å². The van der Waals surface area contributed by atoms with E-state index >= 15 is 0 Å². The average Bonchev–Trinajstić information content (AvgIpc) is 3.52. The van der Waals surface area contributed by atoms with Crippen LogP contribution in [0.4, 0.5) is 10.8 Å². The van der Waals surface area contributed by atoms with Gasteiger partial charge in [-0.05, 0) is 37.1 Å². The van der Waals surface area contributed by atoms with Gasteiger partial charge in [-0.3, -0.25) is 19.4 Å². The SMILES string of the molecule is COc1ccc(C)c2sc(N(CCCN3CCOCC3)C(=O)C3CC(=O)N(c4ccccc4)C3)nc12.Cl. The van der Waals surface area contributed by atoms with Crippen molar-refractivity contribution in [3.05, 3.63) is 48.0 Å². The van der Waals surface area contributed by atoms with E-state index in [4.69, 9.17) is 14.5 Å². The Hall–Kier alpha value is -2.72. The van der Waals surface area contributed by atoms with Crippen molar-refractivity contribution in [3.8, 4) is 5.75 Å². The lowest BCUT2D eigenvalue weighted by molar-refractivity contribution is -0.124. The summed E-state index contributed by atoms with van der Waals surface area (Å²) in [4.78, 5) is 37.5. The molecule has 0 aliphatic carbocycles. The molecule has 37 heavy (non-hydrogen) atoms. The highest BCUT2D eigenvalue weighted by atomic mass is 35.5. The van der Waals surface area contributed by atoms with Gasteiger partial charge in [0.1, 0.15) is 11.3 Å². The van der Waals surface area contributed by atoms with Crippen LogP contribution >= 0.6 is 23.7 Å². The number of halogens is 1. The quantitative estimate of drug-likeness (QED) is 0.424. The maximum Gasteiger partial charge on any atom is 0.234 e. The first-order valence-corrected chi connectivity index (χ1v) is 13.3. The number of aromatic nitrogens is 1. The third-order valence-corrected chi connectivity index (χ3v) is 8.12. The standard InChI is InChI=1S/C27H32N4O4S.ClH/c1-19-9-10-22(34-2)24-25(19)36-27(28-24)30(12-6-11-29-13-15-35-16-14-29)26(33)20-17-23(32)31(18-20)21-7-4-3-5-8-21;/h3-5,7-10,20H,6,11-18H2,1-2H3;1H. The van der Waals surface area contributed by atoms with Crippen molar-refractivity contribution in [1.29, 1.82) is 0 Å². The van der Waals surface area contributed by atoms with E-state index in [2.05, 4.69) is 4.90 Å². The lowest BCUT2D eigenvalue weighted by atomic mass is 10.1. The second kappa shape index (κ2) is 12.2. The predicted molar refractivity (Wildman–Crippen MR) is 149 cm³/mol. The van der Waals surface area contributed by atoms with Gasteiger partial charge in [0.25, 0.3) is 0 Å². The average molecular weight is 545 g/mol. The number of hydrogen-bond donors (Lipinski definition) is 0. The van der Waals surface area contributed by atoms with Crippen molar-refractivity contribution in [2.75, 3.05) is 62.8 Å². The highest BCUT2D eigenvalue weighted by Gasteiger charge is 2.38. The summed E-state index contributed by atoms with van der Waals surface area (Å²) in [5.41, 5.74) is 2.70. The van der Waals surface area contributed by atoms with Crippen LogP contribution in [0.1, 0.15) is 18.4 Å². The monoisotopic (exact) mass is 544 g/mol. The van der Waals surface area contributed by atoms with Gasteiger partial charge in [0.2, 0.25) is 11.8 Å². The Morgan fingerprint density at radius 2 is 1.95 bits per heavy atom. The van der Waals surface area contributed by atoms with Crippen LogP contribution in [0.5, 0.6) is 5.75 Å². The number of nitrogens with zero attached hydrogens (tertiary/aromatic N) is 4. The molecular weight excluding hydrogens is 512 g/mol. The van der Waals surface area contributed by atoms with Crippen molar-refractivity contribution in [3.63, 3.8) is 0 Å². The Morgan fingerprint density at radius 1 is 1.19 bits per heavy atom. The third-order valence-electron chi connectivity index (χ3n) is 6.91. The molecule has 2 saturated heterocycles. The van der Waals surface area contributed by atoms with Crippen LogP contribution < -0.4 is 14.5 Å². The van der Waals surface area contributed by atoms with Crippen molar-refractivity contribution in [2.45, 2.75) is 19.8 Å². The lowest BCUT2D eigenvalue weighted by Crippen LogP contribution is -2.41. The van der Waals surface area contributed by atoms with E-state index in [0.717, 1.165) is 60.7 Å². The maximum absolute atomic E-state index is 13.9. The molecule has 0 spiro atoms. The Kier molecular flexibility index (Phi) is 9.02. The summed E-state index contributed by atoms with van der Waals surface area (Å²) in [6.07, 6.45) is 1.03. The number of carbonyl (C=O) groups excluding carboxylic acids is 2. The molecule has 0 bridgehead atoms. The Morgan fingerprint density at radius 3 is 2.68 bits per heavy atom. The number of fused-ring (bicyclic) bond motifs is 1. The number of para-hydroxylation sites is 1. The molecule has 2 fully saturated rings. The van der Waals surface area contributed by atoms with Crippen LogP contribution in [-0.4, -0.2) is 74.7 Å². The Balaban J connectivity index is 0.00000320.